The first-order valence-electron chi connectivity index (χ1n) is 11.8. The van der Waals surface area contributed by atoms with Crippen LogP contribution >= 0.6 is 11.3 Å². The van der Waals surface area contributed by atoms with E-state index in [1.54, 1.807) is 12.1 Å². The molecule has 1 aliphatic heterocycles. The Kier molecular flexibility index (Phi) is 5.26. The molecule has 6 rings (SSSR count). The van der Waals surface area contributed by atoms with E-state index in [2.05, 4.69) is 22.1 Å². The number of benzene rings is 2. The number of anilines is 1. The number of aryl methyl sites for hydroxylation is 2. The van der Waals surface area contributed by atoms with Crippen LogP contribution in [0.2, 0.25) is 0 Å². The van der Waals surface area contributed by atoms with Gasteiger partial charge in [0.05, 0.1) is 18.3 Å². The minimum atomic E-state index is -0.335. The lowest BCUT2D eigenvalue weighted by atomic mass is 9.95. The van der Waals surface area contributed by atoms with Gasteiger partial charge in [0.1, 0.15) is 10.8 Å². The van der Waals surface area contributed by atoms with Crippen LogP contribution in [0, 0.1) is 12.7 Å². The third kappa shape index (κ3) is 3.53. The molecule has 6 heteroatoms. The maximum Gasteiger partial charge on any atom is 0.322 e. The van der Waals surface area contributed by atoms with Crippen LogP contribution in [0.25, 0.3) is 5.00 Å². The molecule has 34 heavy (non-hydrogen) atoms. The van der Waals surface area contributed by atoms with Gasteiger partial charge >= 0.3 is 6.03 Å². The van der Waals surface area contributed by atoms with Gasteiger partial charge in [-0.1, -0.05) is 30.3 Å². The smallest absolute Gasteiger partial charge is 0.310 e. The monoisotopic (exact) mass is 471 g/mol. The highest BCUT2D eigenvalue weighted by Crippen LogP contribution is 2.44. The van der Waals surface area contributed by atoms with Gasteiger partial charge in [-0.3, -0.25) is 0 Å². The minimum absolute atomic E-state index is 0.153. The summed E-state index contributed by atoms with van der Waals surface area (Å²) in [6.45, 7) is 2.51. The number of halogens is 1. The summed E-state index contributed by atoms with van der Waals surface area (Å²) in [6, 6.07) is 18.0. The van der Waals surface area contributed by atoms with Crippen molar-refractivity contribution in [3.05, 3.63) is 106 Å². The molecule has 0 bridgehead atoms. The van der Waals surface area contributed by atoms with E-state index in [4.69, 9.17) is 0 Å². The first kappa shape index (κ1) is 21.2. The van der Waals surface area contributed by atoms with Crippen molar-refractivity contribution < 1.29 is 9.18 Å². The van der Waals surface area contributed by atoms with Crippen LogP contribution in [0.15, 0.2) is 66.9 Å². The summed E-state index contributed by atoms with van der Waals surface area (Å²) < 4.78 is 16.1. The zero-order valence-corrected chi connectivity index (χ0v) is 19.9. The van der Waals surface area contributed by atoms with E-state index in [0.717, 1.165) is 35.3 Å². The van der Waals surface area contributed by atoms with E-state index in [-0.39, 0.29) is 17.9 Å². The van der Waals surface area contributed by atoms with Crippen molar-refractivity contribution in [2.45, 2.75) is 45.2 Å². The van der Waals surface area contributed by atoms with Gasteiger partial charge in [-0.15, -0.1) is 11.3 Å². The fraction of sp³-hybridized carbons (Fsp3) is 0.250. The maximum absolute atomic E-state index is 13.9. The maximum atomic E-state index is 13.9. The summed E-state index contributed by atoms with van der Waals surface area (Å²) in [5.74, 6) is -0.281. The number of nitrogens with zero attached hydrogens (tertiary/aromatic N) is 2. The molecule has 3 heterocycles. The minimum Gasteiger partial charge on any atom is -0.310 e. The van der Waals surface area contributed by atoms with Crippen molar-refractivity contribution in [3.8, 4) is 5.00 Å². The van der Waals surface area contributed by atoms with Crippen LogP contribution in [0.4, 0.5) is 14.9 Å². The molecule has 2 aromatic heterocycles. The Morgan fingerprint density at radius 3 is 2.62 bits per heavy atom. The molecule has 0 saturated heterocycles. The summed E-state index contributed by atoms with van der Waals surface area (Å²) in [5.41, 5.74) is 6.40. The number of nitrogens with one attached hydrogen (secondary N) is 1. The van der Waals surface area contributed by atoms with Gasteiger partial charge in [0.25, 0.3) is 0 Å². The predicted octanol–water partition coefficient (Wildman–Crippen LogP) is 7.00. The normalized spacial score (nSPS) is 16.9. The van der Waals surface area contributed by atoms with Crippen LogP contribution in [-0.2, 0) is 19.4 Å². The summed E-state index contributed by atoms with van der Waals surface area (Å²) >= 11 is 1.86. The Hall–Kier alpha value is -3.38. The van der Waals surface area contributed by atoms with Crippen LogP contribution in [0.5, 0.6) is 0 Å². The van der Waals surface area contributed by atoms with E-state index in [1.807, 2.05) is 53.5 Å². The highest BCUT2D eigenvalue weighted by molar-refractivity contribution is 7.15. The molecule has 0 fully saturated rings. The predicted molar refractivity (Wildman–Crippen MR) is 134 cm³/mol. The number of rotatable bonds is 2. The van der Waals surface area contributed by atoms with Crippen molar-refractivity contribution in [3.63, 3.8) is 0 Å². The highest BCUT2D eigenvalue weighted by Gasteiger charge is 2.36. The van der Waals surface area contributed by atoms with E-state index in [9.17, 15) is 9.18 Å². The van der Waals surface area contributed by atoms with Crippen molar-refractivity contribution in [1.29, 1.82) is 0 Å². The zero-order chi connectivity index (χ0) is 23.2. The Bertz CT molecular complexity index is 1370. The first-order valence-corrected chi connectivity index (χ1v) is 12.6. The number of aromatic nitrogens is 1. The number of hydrogen-bond donors (Lipinski definition) is 1. The van der Waals surface area contributed by atoms with Crippen LogP contribution in [-0.4, -0.2) is 15.5 Å². The second-order valence-electron chi connectivity index (χ2n) is 9.12. The lowest BCUT2D eigenvalue weighted by Gasteiger charge is -2.31. The first-order chi connectivity index (χ1) is 16.6. The second-order valence-corrected chi connectivity index (χ2v) is 10.2. The average Bonchev–Trinajstić information content (AvgIpc) is 3.43. The Morgan fingerprint density at radius 2 is 1.79 bits per heavy atom. The zero-order valence-electron chi connectivity index (χ0n) is 19.1. The Labute approximate surface area is 202 Å². The number of hydrogen-bond acceptors (Lipinski definition) is 2. The molecule has 172 valence electrons. The number of carbonyl (C=O) groups is 1. The van der Waals surface area contributed by atoms with Crippen LogP contribution in [0.1, 0.15) is 51.7 Å². The lowest BCUT2D eigenvalue weighted by molar-refractivity contribution is 0.194. The standard InChI is InChI=1S/C28H26FN3OS/c1-18-7-2-4-9-23(18)30-28(33)32-17-22-21-8-3-5-11-25(21)34-27(22)31-16-6-10-24(31)26(32)19-12-14-20(29)15-13-19/h2,4,6-7,9-10,12-16,26H,3,5,8,11,17H2,1H3,(H,30,33)/t26-/m0/s1. The van der Waals surface area contributed by atoms with Gasteiger partial charge in [-0.05, 0) is 79.6 Å². The molecule has 1 atom stereocenters. The number of urea groups is 1. The largest absolute Gasteiger partial charge is 0.322 e. The summed E-state index contributed by atoms with van der Waals surface area (Å²) in [5, 5.41) is 4.37. The van der Waals surface area contributed by atoms with E-state index in [1.165, 1.54) is 46.0 Å². The molecular weight excluding hydrogens is 445 g/mol. The van der Waals surface area contributed by atoms with Gasteiger partial charge in [0.2, 0.25) is 0 Å². The molecule has 0 unspecified atom stereocenters. The van der Waals surface area contributed by atoms with Crippen molar-refractivity contribution in [2.24, 2.45) is 0 Å². The molecule has 2 aliphatic rings. The van der Waals surface area contributed by atoms with Crippen molar-refractivity contribution in [2.75, 3.05) is 5.32 Å². The van der Waals surface area contributed by atoms with Gasteiger partial charge in [0.15, 0.2) is 0 Å². The second kappa shape index (κ2) is 8.44. The van der Waals surface area contributed by atoms with E-state index in [0.29, 0.717) is 6.54 Å². The number of thiophene rings is 1. The molecule has 0 spiro atoms. The molecule has 4 aromatic rings. The highest BCUT2D eigenvalue weighted by atomic mass is 32.1. The third-order valence-electron chi connectivity index (χ3n) is 7.01. The number of fused-ring (bicyclic) bond motifs is 5. The fourth-order valence-electron chi connectivity index (χ4n) is 5.28. The number of amides is 2. The summed E-state index contributed by atoms with van der Waals surface area (Å²) in [7, 11) is 0. The van der Waals surface area contributed by atoms with Gasteiger partial charge in [-0.2, -0.15) is 0 Å². The van der Waals surface area contributed by atoms with Gasteiger partial charge < -0.3 is 14.8 Å². The average molecular weight is 472 g/mol. The summed E-state index contributed by atoms with van der Waals surface area (Å²) in [6.07, 6.45) is 6.67. The SMILES string of the molecule is Cc1ccccc1NC(=O)N1Cc2c(sc3c2CCCC3)-n2cccc2[C@@H]1c1ccc(F)cc1. The lowest BCUT2D eigenvalue weighted by Crippen LogP contribution is -2.38. The van der Waals surface area contributed by atoms with Crippen molar-refractivity contribution >= 4 is 23.1 Å². The molecule has 0 radical (unpaired) electrons. The number of carbonyl (C=O) groups excluding carboxylic acids is 1. The van der Waals surface area contributed by atoms with Crippen molar-refractivity contribution in [1.82, 2.24) is 9.47 Å². The Morgan fingerprint density at radius 1 is 1.00 bits per heavy atom. The van der Waals surface area contributed by atoms with Crippen LogP contribution < -0.4 is 5.32 Å². The number of para-hydroxylation sites is 1. The molecule has 0 saturated carbocycles. The molecule has 2 amide bonds. The van der Waals surface area contributed by atoms with Gasteiger partial charge in [0, 0.05) is 22.3 Å². The Balaban J connectivity index is 1.51. The van der Waals surface area contributed by atoms with E-state index < -0.39 is 0 Å². The van der Waals surface area contributed by atoms with Gasteiger partial charge in [-0.25, -0.2) is 9.18 Å². The third-order valence-corrected chi connectivity index (χ3v) is 8.35. The topological polar surface area (TPSA) is 37.3 Å². The van der Waals surface area contributed by atoms with E-state index >= 15 is 0 Å². The molecule has 1 aliphatic carbocycles. The molecule has 1 N–H and O–H groups in total. The molecular formula is C28H26FN3OS. The summed E-state index contributed by atoms with van der Waals surface area (Å²) in [4.78, 5) is 17.3. The molecule has 2 aromatic carbocycles. The van der Waals surface area contributed by atoms with Crippen LogP contribution in [0.3, 0.4) is 0 Å². The quantitative estimate of drug-likeness (QED) is 0.336. The molecule has 4 nitrogen and oxygen atoms in total. The fourth-order valence-corrected chi connectivity index (χ4v) is 6.69.